The Morgan fingerprint density at radius 3 is 2.16 bits per heavy atom. The van der Waals surface area contributed by atoms with Crippen LogP contribution in [-0.2, 0) is 6.54 Å². The molecule has 0 radical (unpaired) electrons. The minimum Gasteiger partial charge on any atom is -0.491 e. The number of hydrogen-bond donors (Lipinski definition) is 7. The van der Waals surface area contributed by atoms with Crippen molar-refractivity contribution in [2.24, 2.45) is 17.2 Å². The molecule has 0 unspecified atom stereocenters. The van der Waals surface area contributed by atoms with E-state index >= 15 is 0 Å². The summed E-state index contributed by atoms with van der Waals surface area (Å²) in [5.74, 6) is 0.0857. The predicted octanol–water partition coefficient (Wildman–Crippen LogP) is 7.80. The largest absolute Gasteiger partial charge is 0.491 e. The molecule has 10 N–H and O–H groups in total. The van der Waals surface area contributed by atoms with Gasteiger partial charge in [0, 0.05) is 30.2 Å². The van der Waals surface area contributed by atoms with Crippen molar-refractivity contribution in [3.05, 3.63) is 84.4 Å². The molecule has 0 atom stereocenters. The lowest BCUT2D eigenvalue weighted by atomic mass is 10.0. The molecular weight excluding hydrogens is 567 g/mol. The lowest BCUT2D eigenvalue weighted by Crippen LogP contribution is -2.22. The van der Waals surface area contributed by atoms with E-state index in [0.29, 0.717) is 30.3 Å². The highest BCUT2D eigenvalue weighted by atomic mass is 19.1. The quantitative estimate of drug-likeness (QED) is 0.0386. The first-order valence-corrected chi connectivity index (χ1v) is 15.9. The number of nitrogens with zero attached hydrogens (tertiary/aromatic N) is 1. The number of nitrogens with two attached hydrogens (primary N) is 3. The minimum absolute atomic E-state index is 0.150. The Balaban J connectivity index is 0.000000263. The highest BCUT2D eigenvalue weighted by Gasteiger charge is 2.12. The van der Waals surface area contributed by atoms with Crippen LogP contribution in [0.25, 0.3) is 16.6 Å². The van der Waals surface area contributed by atoms with E-state index in [0.717, 1.165) is 35.0 Å². The van der Waals surface area contributed by atoms with Crippen LogP contribution >= 0.6 is 0 Å². The molecule has 0 saturated carbocycles. The second-order valence-corrected chi connectivity index (χ2v) is 11.1. The highest BCUT2D eigenvalue weighted by molar-refractivity contribution is 5.94. The second-order valence-electron chi connectivity index (χ2n) is 11.1. The average molecular weight is 617 g/mol. The van der Waals surface area contributed by atoms with Crippen LogP contribution in [0.2, 0.25) is 0 Å². The van der Waals surface area contributed by atoms with Gasteiger partial charge in [0.05, 0.1) is 17.8 Å². The van der Waals surface area contributed by atoms with E-state index in [-0.39, 0.29) is 17.7 Å². The van der Waals surface area contributed by atoms with Crippen LogP contribution in [0.5, 0.6) is 5.75 Å². The molecule has 0 aliphatic carbocycles. The Bertz CT molecular complexity index is 1500. The summed E-state index contributed by atoms with van der Waals surface area (Å²) in [6, 6.07) is 17.8. The summed E-state index contributed by atoms with van der Waals surface area (Å²) in [5.41, 5.74) is 21.7. The van der Waals surface area contributed by atoms with Crippen LogP contribution in [-0.4, -0.2) is 22.9 Å². The van der Waals surface area contributed by atoms with Gasteiger partial charge in [0.15, 0.2) is 11.9 Å². The van der Waals surface area contributed by atoms with Gasteiger partial charge in [-0.05, 0) is 60.0 Å². The van der Waals surface area contributed by atoms with E-state index < -0.39 is 0 Å². The Morgan fingerprint density at radius 1 is 0.822 bits per heavy atom. The van der Waals surface area contributed by atoms with Gasteiger partial charge in [0.1, 0.15) is 11.6 Å². The number of anilines is 2. The topological polar surface area (TPSA) is 163 Å². The zero-order chi connectivity index (χ0) is 32.4. The van der Waals surface area contributed by atoms with Crippen LogP contribution in [0.15, 0.2) is 73.1 Å². The molecule has 0 fully saturated rings. The second kappa shape index (κ2) is 19.0. The number of rotatable bonds is 16. The molecule has 242 valence electrons. The van der Waals surface area contributed by atoms with Crippen LogP contribution < -0.4 is 32.6 Å². The molecule has 0 amide bonds. The molecule has 4 rings (SSSR count). The number of unbranched alkanes of at least 4 members (excludes halogenated alkanes) is 9. The smallest absolute Gasteiger partial charge is 0.190 e. The van der Waals surface area contributed by atoms with E-state index in [1.54, 1.807) is 30.3 Å². The minimum atomic E-state index is -0.231. The van der Waals surface area contributed by atoms with Gasteiger partial charge in [-0.15, -0.1) is 0 Å². The summed E-state index contributed by atoms with van der Waals surface area (Å²) >= 11 is 0. The van der Waals surface area contributed by atoms with Crippen LogP contribution in [0.3, 0.4) is 0 Å². The van der Waals surface area contributed by atoms with Crippen LogP contribution in [0.4, 0.5) is 15.8 Å². The lowest BCUT2D eigenvalue weighted by Gasteiger charge is -2.14. The molecule has 45 heavy (non-hydrogen) atoms. The summed E-state index contributed by atoms with van der Waals surface area (Å²) in [6.07, 6.45) is 16.8. The number of fused-ring (bicyclic) bond motifs is 1. The molecule has 0 spiro atoms. The van der Waals surface area contributed by atoms with Crippen molar-refractivity contribution in [1.29, 1.82) is 10.8 Å². The number of guanidine groups is 2. The third kappa shape index (κ3) is 11.8. The zero-order valence-electron chi connectivity index (χ0n) is 26.4. The number of benzene rings is 2. The lowest BCUT2D eigenvalue weighted by molar-refractivity contribution is 0.306. The van der Waals surface area contributed by atoms with E-state index in [4.69, 9.17) is 32.8 Å². The molecule has 10 heteroatoms. The maximum Gasteiger partial charge on any atom is 0.190 e. The Hall–Kier alpha value is -4.57. The van der Waals surface area contributed by atoms with Gasteiger partial charge in [-0.3, -0.25) is 10.8 Å². The summed E-state index contributed by atoms with van der Waals surface area (Å²) in [7, 11) is 0. The number of halogens is 1. The Kier molecular flexibility index (Phi) is 14.7. The van der Waals surface area contributed by atoms with Gasteiger partial charge in [-0.1, -0.05) is 82.9 Å². The number of pyridine rings is 1. The third-order valence-electron chi connectivity index (χ3n) is 7.38. The van der Waals surface area contributed by atoms with Gasteiger partial charge in [0.2, 0.25) is 0 Å². The summed E-state index contributed by atoms with van der Waals surface area (Å²) < 4.78 is 21.2. The first-order valence-electron chi connectivity index (χ1n) is 15.9. The van der Waals surface area contributed by atoms with Gasteiger partial charge < -0.3 is 37.0 Å². The fourth-order valence-electron chi connectivity index (χ4n) is 5.21. The van der Waals surface area contributed by atoms with E-state index in [2.05, 4.69) is 17.6 Å². The van der Waals surface area contributed by atoms with Crippen LogP contribution in [0, 0.1) is 16.6 Å². The fourth-order valence-corrected chi connectivity index (χ4v) is 5.21. The molecule has 4 aromatic rings. The molecule has 0 aliphatic rings. The molecular formula is C35H49FN8O. The van der Waals surface area contributed by atoms with Crippen molar-refractivity contribution in [2.75, 3.05) is 17.2 Å². The molecule has 0 aliphatic heterocycles. The summed E-state index contributed by atoms with van der Waals surface area (Å²) in [5, 5.41) is 20.2. The van der Waals surface area contributed by atoms with Crippen LogP contribution in [0.1, 0.15) is 76.7 Å². The van der Waals surface area contributed by atoms with Crippen molar-refractivity contribution in [3.63, 3.8) is 0 Å². The number of hydrogen-bond acceptors (Lipinski definition) is 4. The van der Waals surface area contributed by atoms with Crippen molar-refractivity contribution in [1.82, 2.24) is 4.40 Å². The average Bonchev–Trinajstić information content (AvgIpc) is 3.39. The van der Waals surface area contributed by atoms with Crippen molar-refractivity contribution in [2.45, 2.75) is 77.7 Å². The predicted molar refractivity (Wildman–Crippen MR) is 186 cm³/mol. The molecule has 0 bridgehead atoms. The molecule has 2 aromatic heterocycles. The van der Waals surface area contributed by atoms with Crippen molar-refractivity contribution in [3.8, 4) is 16.9 Å². The van der Waals surface area contributed by atoms with Crippen molar-refractivity contribution >= 4 is 28.8 Å². The standard InChI is InChI=1S/C20H36N6O.C15H13FN2/c1-2-3-4-5-6-7-8-9-10-11-14-27-18-13-12-16(25-19(21)22)15-17(18)26-20(23)24;16-13-5-3-4-11(8-13)15-12(9-17)10-18-7-2-1-6-14(15)18/h12-13,15H,2-11,14H2,1H3,(H4,21,22,25)(H4,23,24,26);1-8,10H,9,17H2. The summed E-state index contributed by atoms with van der Waals surface area (Å²) in [6.45, 7) is 3.31. The zero-order valence-corrected chi connectivity index (χ0v) is 26.4. The Labute approximate surface area is 266 Å². The third-order valence-corrected chi connectivity index (χ3v) is 7.38. The molecule has 0 saturated heterocycles. The summed E-state index contributed by atoms with van der Waals surface area (Å²) in [4.78, 5) is 0. The van der Waals surface area contributed by atoms with E-state index in [9.17, 15) is 4.39 Å². The number of aromatic nitrogens is 1. The van der Waals surface area contributed by atoms with Gasteiger partial charge in [-0.25, -0.2) is 4.39 Å². The molecule has 2 aromatic carbocycles. The van der Waals surface area contributed by atoms with E-state index in [1.807, 2.05) is 41.1 Å². The van der Waals surface area contributed by atoms with Crippen molar-refractivity contribution < 1.29 is 9.13 Å². The maximum atomic E-state index is 13.4. The maximum absolute atomic E-state index is 13.4. The number of ether oxygens (including phenoxy) is 1. The number of nitrogens with one attached hydrogen (secondary N) is 4. The van der Waals surface area contributed by atoms with Gasteiger partial charge in [-0.2, -0.15) is 0 Å². The first-order chi connectivity index (χ1) is 21.8. The molecule has 9 nitrogen and oxygen atoms in total. The normalized spacial score (nSPS) is 10.6. The SMILES string of the molecule is CCCCCCCCCCCCOc1ccc(NC(=N)N)cc1NC(=N)N.NCc1cn2ccccc2c1-c1cccc(F)c1. The first kappa shape index (κ1) is 34.9. The molecule has 2 heterocycles. The van der Waals surface area contributed by atoms with Gasteiger partial charge in [0.25, 0.3) is 0 Å². The van der Waals surface area contributed by atoms with E-state index in [1.165, 1.54) is 57.4 Å². The Morgan fingerprint density at radius 2 is 1.51 bits per heavy atom. The highest BCUT2D eigenvalue weighted by Crippen LogP contribution is 2.31. The monoisotopic (exact) mass is 616 g/mol. The van der Waals surface area contributed by atoms with Gasteiger partial charge >= 0.3 is 0 Å². The fraction of sp³-hybridized carbons (Fsp3) is 0.371.